The molecule has 2 saturated heterocycles. The number of nitrogens with zero attached hydrogens (tertiary/aromatic N) is 3. The van der Waals surface area contributed by atoms with E-state index in [1.165, 1.54) is 76.1 Å². The van der Waals surface area contributed by atoms with Gasteiger partial charge in [0.1, 0.15) is 5.82 Å². The number of hydrogen-bond acceptors (Lipinski definition) is 3. The van der Waals surface area contributed by atoms with Crippen LogP contribution in [-0.2, 0) is 0 Å². The lowest BCUT2D eigenvalue weighted by molar-refractivity contribution is 0.149. The summed E-state index contributed by atoms with van der Waals surface area (Å²) in [6, 6.07) is 5.03. The average Bonchev–Trinajstić information content (AvgIpc) is 3.02. The lowest BCUT2D eigenvalue weighted by Gasteiger charge is -2.37. The van der Waals surface area contributed by atoms with Gasteiger partial charge in [0.2, 0.25) is 0 Å². The predicted molar refractivity (Wildman–Crippen MR) is 84.1 cm³/mol. The van der Waals surface area contributed by atoms with Crippen molar-refractivity contribution in [2.24, 2.45) is 0 Å². The van der Waals surface area contributed by atoms with E-state index >= 15 is 0 Å². The highest BCUT2D eigenvalue weighted by atomic mass is 15.2. The molecule has 0 N–H and O–H groups in total. The van der Waals surface area contributed by atoms with Crippen LogP contribution in [0.2, 0.25) is 0 Å². The third-order valence-electron chi connectivity index (χ3n) is 4.71. The van der Waals surface area contributed by atoms with Gasteiger partial charge in [0.05, 0.1) is 0 Å². The molecule has 3 rings (SSSR count). The molecule has 0 amide bonds. The Labute approximate surface area is 123 Å². The molecule has 0 saturated carbocycles. The fraction of sp³-hybridized carbons (Fsp3) is 0.706. The molecule has 0 radical (unpaired) electrons. The topological polar surface area (TPSA) is 19.4 Å². The van der Waals surface area contributed by atoms with Gasteiger partial charge in [-0.05, 0) is 51.3 Å². The Hall–Kier alpha value is -1.09. The van der Waals surface area contributed by atoms with Crippen molar-refractivity contribution in [2.45, 2.75) is 51.5 Å². The highest BCUT2D eigenvalue weighted by Crippen LogP contribution is 2.36. The van der Waals surface area contributed by atoms with Crippen molar-refractivity contribution >= 4 is 5.82 Å². The summed E-state index contributed by atoms with van der Waals surface area (Å²) < 4.78 is 0. The Morgan fingerprint density at radius 1 is 1.15 bits per heavy atom. The zero-order chi connectivity index (χ0) is 13.8. The normalized spacial score (nSPS) is 24.2. The van der Waals surface area contributed by atoms with Crippen LogP contribution in [0, 0.1) is 0 Å². The Morgan fingerprint density at radius 3 is 2.75 bits per heavy atom. The largest absolute Gasteiger partial charge is 0.356 e. The summed E-state index contributed by atoms with van der Waals surface area (Å²) in [7, 11) is 0. The van der Waals surface area contributed by atoms with Gasteiger partial charge in [-0.3, -0.25) is 4.90 Å². The smallest absolute Gasteiger partial charge is 0.133 e. The highest BCUT2D eigenvalue weighted by molar-refractivity contribution is 5.49. The van der Waals surface area contributed by atoms with Crippen LogP contribution in [-0.4, -0.2) is 36.1 Å². The summed E-state index contributed by atoms with van der Waals surface area (Å²) in [6.07, 6.45) is 9.86. The number of likely N-dealkylation sites (tertiary alicyclic amines) is 1. The summed E-state index contributed by atoms with van der Waals surface area (Å²) in [5.41, 5.74) is 1.47. The molecule has 0 bridgehead atoms. The van der Waals surface area contributed by atoms with Crippen LogP contribution in [0.15, 0.2) is 18.3 Å². The first kappa shape index (κ1) is 13.9. The Balaban J connectivity index is 1.87. The molecule has 0 aliphatic carbocycles. The van der Waals surface area contributed by atoms with Crippen molar-refractivity contribution in [3.8, 4) is 0 Å². The number of pyridine rings is 1. The standard InChI is InChI=1S/C17H27N3/c1-2-11-19-12-4-3-9-16(19)15-8-7-10-18-17(15)20-13-5-6-14-20/h7-8,10,16H,2-6,9,11-14H2,1H3/t16-/m0/s1. The second-order valence-corrected chi connectivity index (χ2v) is 6.16. The van der Waals surface area contributed by atoms with Gasteiger partial charge in [-0.15, -0.1) is 0 Å². The van der Waals surface area contributed by atoms with Crippen molar-refractivity contribution < 1.29 is 0 Å². The predicted octanol–water partition coefficient (Wildman–Crippen LogP) is 3.62. The van der Waals surface area contributed by atoms with Gasteiger partial charge in [0, 0.05) is 30.9 Å². The lowest BCUT2D eigenvalue weighted by Crippen LogP contribution is -2.35. The molecule has 0 spiro atoms. The molecule has 1 atom stereocenters. The van der Waals surface area contributed by atoms with Crippen molar-refractivity contribution in [1.29, 1.82) is 0 Å². The molecule has 2 fully saturated rings. The van der Waals surface area contributed by atoms with Gasteiger partial charge >= 0.3 is 0 Å². The van der Waals surface area contributed by atoms with Crippen LogP contribution >= 0.6 is 0 Å². The molecule has 3 nitrogen and oxygen atoms in total. The summed E-state index contributed by atoms with van der Waals surface area (Å²) in [5, 5.41) is 0. The van der Waals surface area contributed by atoms with E-state index in [1.54, 1.807) is 0 Å². The van der Waals surface area contributed by atoms with E-state index in [9.17, 15) is 0 Å². The first-order chi connectivity index (χ1) is 9.90. The van der Waals surface area contributed by atoms with Crippen molar-refractivity contribution in [1.82, 2.24) is 9.88 Å². The average molecular weight is 273 g/mol. The number of aromatic nitrogens is 1. The van der Waals surface area contributed by atoms with E-state index in [1.807, 2.05) is 6.20 Å². The maximum atomic E-state index is 4.73. The quantitative estimate of drug-likeness (QED) is 0.835. The molecule has 1 aromatic rings. The van der Waals surface area contributed by atoms with E-state index in [2.05, 4.69) is 28.9 Å². The summed E-state index contributed by atoms with van der Waals surface area (Å²) in [5.74, 6) is 1.26. The zero-order valence-electron chi connectivity index (χ0n) is 12.7. The minimum Gasteiger partial charge on any atom is -0.356 e. The van der Waals surface area contributed by atoms with E-state index in [0.29, 0.717) is 6.04 Å². The maximum Gasteiger partial charge on any atom is 0.133 e. The Morgan fingerprint density at radius 2 is 1.95 bits per heavy atom. The molecule has 2 aliphatic heterocycles. The van der Waals surface area contributed by atoms with Crippen LogP contribution < -0.4 is 4.90 Å². The van der Waals surface area contributed by atoms with Crippen molar-refractivity contribution in [3.63, 3.8) is 0 Å². The van der Waals surface area contributed by atoms with Crippen LogP contribution in [0.25, 0.3) is 0 Å². The molecule has 1 aromatic heterocycles. The Kier molecular flexibility index (Phi) is 4.56. The summed E-state index contributed by atoms with van der Waals surface area (Å²) in [4.78, 5) is 9.90. The molecular formula is C17H27N3. The number of rotatable bonds is 4. The van der Waals surface area contributed by atoms with Gasteiger partial charge in [0.25, 0.3) is 0 Å². The summed E-state index contributed by atoms with van der Waals surface area (Å²) in [6.45, 7) is 7.14. The zero-order valence-corrected chi connectivity index (χ0v) is 12.7. The second-order valence-electron chi connectivity index (χ2n) is 6.16. The van der Waals surface area contributed by atoms with Crippen LogP contribution in [0.4, 0.5) is 5.82 Å². The van der Waals surface area contributed by atoms with E-state index in [-0.39, 0.29) is 0 Å². The number of hydrogen-bond donors (Lipinski definition) is 0. The Bertz CT molecular complexity index is 424. The molecule has 110 valence electrons. The van der Waals surface area contributed by atoms with Gasteiger partial charge < -0.3 is 4.90 Å². The minimum atomic E-state index is 0.591. The van der Waals surface area contributed by atoms with Gasteiger partial charge in [-0.25, -0.2) is 4.98 Å². The highest BCUT2D eigenvalue weighted by Gasteiger charge is 2.27. The third-order valence-corrected chi connectivity index (χ3v) is 4.71. The molecule has 0 aromatic carbocycles. The second kappa shape index (κ2) is 6.57. The van der Waals surface area contributed by atoms with Crippen molar-refractivity contribution in [2.75, 3.05) is 31.1 Å². The van der Waals surface area contributed by atoms with Gasteiger partial charge in [-0.2, -0.15) is 0 Å². The third kappa shape index (κ3) is 2.83. The summed E-state index contributed by atoms with van der Waals surface area (Å²) >= 11 is 0. The van der Waals surface area contributed by atoms with E-state index in [4.69, 9.17) is 4.98 Å². The molecule has 20 heavy (non-hydrogen) atoms. The van der Waals surface area contributed by atoms with Gasteiger partial charge in [0.15, 0.2) is 0 Å². The SMILES string of the molecule is CCCN1CCCC[C@H]1c1cccnc1N1CCCC1. The number of anilines is 1. The molecule has 0 unspecified atom stereocenters. The maximum absolute atomic E-state index is 4.73. The fourth-order valence-electron chi connectivity index (χ4n) is 3.76. The first-order valence-corrected chi connectivity index (χ1v) is 8.34. The molecule has 2 aliphatic rings. The van der Waals surface area contributed by atoms with E-state index < -0.39 is 0 Å². The van der Waals surface area contributed by atoms with Crippen LogP contribution in [0.1, 0.15) is 57.1 Å². The monoisotopic (exact) mass is 273 g/mol. The van der Waals surface area contributed by atoms with Gasteiger partial charge in [-0.1, -0.05) is 19.4 Å². The molecule has 3 heteroatoms. The van der Waals surface area contributed by atoms with Crippen molar-refractivity contribution in [3.05, 3.63) is 23.9 Å². The van der Waals surface area contributed by atoms with Crippen LogP contribution in [0.3, 0.4) is 0 Å². The fourth-order valence-corrected chi connectivity index (χ4v) is 3.76. The molecular weight excluding hydrogens is 246 g/mol. The van der Waals surface area contributed by atoms with E-state index in [0.717, 1.165) is 0 Å². The molecule has 3 heterocycles. The lowest BCUT2D eigenvalue weighted by atomic mass is 9.95. The minimum absolute atomic E-state index is 0.591. The first-order valence-electron chi connectivity index (χ1n) is 8.34. The number of piperidine rings is 1. The van der Waals surface area contributed by atoms with Crippen LogP contribution in [0.5, 0.6) is 0 Å².